The Bertz CT molecular complexity index is 580. The minimum atomic E-state index is -0.544. The molecule has 0 radical (unpaired) electrons. The zero-order chi connectivity index (χ0) is 17.2. The number of amides is 2. The molecule has 1 N–H and O–H groups in total. The van der Waals surface area contributed by atoms with Crippen molar-refractivity contribution in [3.63, 3.8) is 0 Å². The standard InChI is InChI=1S/C17H28N4O3/c1-4-15-13(11-20(3)19-15)10-18-16(22)21-7-5-6-14(12-21)17(2)23-8-9-24-17/h11,14H,4-10,12H2,1-3H3,(H,18,22). The van der Waals surface area contributed by atoms with Crippen molar-refractivity contribution in [3.05, 3.63) is 17.5 Å². The summed E-state index contributed by atoms with van der Waals surface area (Å²) in [6, 6.07) is -0.0211. The van der Waals surface area contributed by atoms with Gasteiger partial charge in [0.2, 0.25) is 0 Å². The molecule has 24 heavy (non-hydrogen) atoms. The summed E-state index contributed by atoms with van der Waals surface area (Å²) in [6.45, 7) is 7.32. The number of carbonyl (C=O) groups is 1. The molecule has 2 fully saturated rings. The van der Waals surface area contributed by atoms with Crippen LogP contribution in [0.3, 0.4) is 0 Å². The largest absolute Gasteiger partial charge is 0.347 e. The third-order valence-corrected chi connectivity index (χ3v) is 5.07. The summed E-state index contributed by atoms with van der Waals surface area (Å²) < 4.78 is 13.4. The molecule has 0 saturated carbocycles. The summed E-state index contributed by atoms with van der Waals surface area (Å²) in [7, 11) is 1.90. The normalized spacial score (nSPS) is 23.5. The number of nitrogens with one attached hydrogen (secondary N) is 1. The molecule has 1 unspecified atom stereocenters. The molecule has 1 atom stereocenters. The summed E-state index contributed by atoms with van der Waals surface area (Å²) >= 11 is 0. The van der Waals surface area contributed by atoms with E-state index in [0.717, 1.165) is 37.1 Å². The fourth-order valence-corrected chi connectivity index (χ4v) is 3.67. The van der Waals surface area contributed by atoms with Gasteiger partial charge in [0.25, 0.3) is 0 Å². The number of nitrogens with zero attached hydrogens (tertiary/aromatic N) is 3. The van der Waals surface area contributed by atoms with Crippen LogP contribution in [0.4, 0.5) is 4.79 Å². The number of urea groups is 1. The summed E-state index contributed by atoms with van der Waals surface area (Å²) in [5.41, 5.74) is 2.12. The highest BCUT2D eigenvalue weighted by Gasteiger charge is 2.42. The zero-order valence-electron chi connectivity index (χ0n) is 14.9. The van der Waals surface area contributed by atoms with Gasteiger partial charge in [0.1, 0.15) is 0 Å². The second-order valence-electron chi connectivity index (χ2n) is 6.79. The molecule has 0 spiro atoms. The van der Waals surface area contributed by atoms with E-state index in [4.69, 9.17) is 9.47 Å². The fourth-order valence-electron chi connectivity index (χ4n) is 3.67. The van der Waals surface area contributed by atoms with Crippen molar-refractivity contribution in [2.24, 2.45) is 13.0 Å². The summed E-state index contributed by atoms with van der Waals surface area (Å²) in [4.78, 5) is 14.4. The number of aryl methyl sites for hydroxylation is 2. The van der Waals surface area contributed by atoms with Crippen LogP contribution in [0.15, 0.2) is 6.20 Å². The van der Waals surface area contributed by atoms with Crippen LogP contribution in [0.2, 0.25) is 0 Å². The van der Waals surface area contributed by atoms with Crippen LogP contribution in [-0.2, 0) is 29.5 Å². The van der Waals surface area contributed by atoms with Crippen LogP contribution < -0.4 is 5.32 Å². The molecule has 2 amide bonds. The highest BCUT2D eigenvalue weighted by atomic mass is 16.7. The first-order valence-corrected chi connectivity index (χ1v) is 8.84. The molecule has 0 aromatic carbocycles. The van der Waals surface area contributed by atoms with Gasteiger partial charge in [0.15, 0.2) is 5.79 Å². The van der Waals surface area contributed by atoms with Crippen molar-refractivity contribution < 1.29 is 14.3 Å². The van der Waals surface area contributed by atoms with Crippen molar-refractivity contribution in [2.75, 3.05) is 26.3 Å². The summed E-state index contributed by atoms with van der Waals surface area (Å²) in [5.74, 6) is -0.318. The highest BCUT2D eigenvalue weighted by molar-refractivity contribution is 5.74. The van der Waals surface area contributed by atoms with Gasteiger partial charge in [-0.05, 0) is 26.2 Å². The lowest BCUT2D eigenvalue weighted by Gasteiger charge is -2.39. The first kappa shape index (κ1) is 17.2. The molecule has 134 valence electrons. The van der Waals surface area contributed by atoms with Gasteiger partial charge in [-0.25, -0.2) is 4.79 Å². The van der Waals surface area contributed by atoms with Crippen molar-refractivity contribution >= 4 is 6.03 Å². The second kappa shape index (κ2) is 7.11. The Kier molecular flexibility index (Phi) is 5.10. The lowest BCUT2D eigenvalue weighted by molar-refractivity contribution is -0.189. The number of likely N-dealkylation sites (tertiary alicyclic amines) is 1. The minimum absolute atomic E-state index is 0.0211. The van der Waals surface area contributed by atoms with Crippen molar-refractivity contribution in [1.82, 2.24) is 20.0 Å². The van der Waals surface area contributed by atoms with Gasteiger partial charge in [0, 0.05) is 44.4 Å². The average Bonchev–Trinajstić information content (AvgIpc) is 3.19. The first-order valence-electron chi connectivity index (χ1n) is 8.84. The minimum Gasteiger partial charge on any atom is -0.347 e. The summed E-state index contributed by atoms with van der Waals surface area (Å²) in [6.07, 6.45) is 4.85. The third-order valence-electron chi connectivity index (χ3n) is 5.07. The zero-order valence-corrected chi connectivity index (χ0v) is 14.9. The quantitative estimate of drug-likeness (QED) is 0.908. The lowest BCUT2D eigenvalue weighted by atomic mass is 9.90. The number of hydrogen-bond donors (Lipinski definition) is 1. The smallest absolute Gasteiger partial charge is 0.317 e. The summed E-state index contributed by atoms with van der Waals surface area (Å²) in [5, 5.41) is 7.44. The van der Waals surface area contributed by atoms with Gasteiger partial charge < -0.3 is 19.7 Å². The van der Waals surface area contributed by atoms with Crippen LogP contribution in [0.1, 0.15) is 37.9 Å². The number of hydrogen-bond acceptors (Lipinski definition) is 4. The van der Waals surface area contributed by atoms with E-state index in [1.54, 1.807) is 4.68 Å². The van der Waals surface area contributed by atoms with E-state index >= 15 is 0 Å². The fraction of sp³-hybridized carbons (Fsp3) is 0.765. The van der Waals surface area contributed by atoms with Crippen molar-refractivity contribution in [2.45, 2.75) is 45.4 Å². The molecule has 2 aliphatic rings. The molecular weight excluding hydrogens is 308 g/mol. The molecule has 2 saturated heterocycles. The highest BCUT2D eigenvalue weighted by Crippen LogP contribution is 2.34. The van der Waals surface area contributed by atoms with Crippen LogP contribution in [-0.4, -0.2) is 52.8 Å². The molecule has 2 aliphatic heterocycles. The van der Waals surface area contributed by atoms with Gasteiger partial charge in [-0.2, -0.15) is 5.10 Å². The maximum absolute atomic E-state index is 12.5. The SMILES string of the molecule is CCc1nn(C)cc1CNC(=O)N1CCCC(C2(C)OCCO2)C1. The maximum Gasteiger partial charge on any atom is 0.317 e. The van der Waals surface area contributed by atoms with E-state index in [9.17, 15) is 4.79 Å². The van der Waals surface area contributed by atoms with E-state index < -0.39 is 5.79 Å². The van der Waals surface area contributed by atoms with Crippen LogP contribution in [0.5, 0.6) is 0 Å². The number of piperidine rings is 1. The predicted octanol–water partition coefficient (Wildman–Crippen LogP) is 1.67. The Balaban J connectivity index is 1.56. The molecule has 1 aromatic rings. The van der Waals surface area contributed by atoms with E-state index in [1.807, 2.05) is 25.1 Å². The lowest BCUT2D eigenvalue weighted by Crippen LogP contribution is -2.51. The number of ether oxygens (including phenoxy) is 2. The molecule has 1 aromatic heterocycles. The molecule has 7 nitrogen and oxygen atoms in total. The number of carbonyl (C=O) groups excluding carboxylic acids is 1. The van der Waals surface area contributed by atoms with Crippen LogP contribution >= 0.6 is 0 Å². The van der Waals surface area contributed by atoms with Gasteiger partial charge in [-0.1, -0.05) is 6.92 Å². The molecule has 0 aliphatic carbocycles. The van der Waals surface area contributed by atoms with Gasteiger partial charge >= 0.3 is 6.03 Å². The van der Waals surface area contributed by atoms with Crippen molar-refractivity contribution in [3.8, 4) is 0 Å². The molecule has 0 bridgehead atoms. The Morgan fingerprint density at radius 3 is 2.92 bits per heavy atom. The third kappa shape index (κ3) is 3.57. The molecule has 3 rings (SSSR count). The number of aromatic nitrogens is 2. The van der Waals surface area contributed by atoms with Crippen LogP contribution in [0.25, 0.3) is 0 Å². The monoisotopic (exact) mass is 336 g/mol. The maximum atomic E-state index is 12.5. The Morgan fingerprint density at radius 2 is 2.21 bits per heavy atom. The Labute approximate surface area is 143 Å². The van der Waals surface area contributed by atoms with E-state index in [1.165, 1.54) is 0 Å². The average molecular weight is 336 g/mol. The molecular formula is C17H28N4O3. The van der Waals surface area contributed by atoms with Crippen molar-refractivity contribution in [1.29, 1.82) is 0 Å². The Hall–Kier alpha value is -1.60. The van der Waals surface area contributed by atoms with E-state index in [-0.39, 0.29) is 11.9 Å². The van der Waals surface area contributed by atoms with E-state index in [0.29, 0.717) is 26.3 Å². The van der Waals surface area contributed by atoms with Gasteiger partial charge in [0.05, 0.1) is 18.9 Å². The molecule has 7 heteroatoms. The second-order valence-corrected chi connectivity index (χ2v) is 6.79. The van der Waals surface area contributed by atoms with Gasteiger partial charge in [-0.3, -0.25) is 4.68 Å². The Morgan fingerprint density at radius 1 is 1.46 bits per heavy atom. The van der Waals surface area contributed by atoms with Gasteiger partial charge in [-0.15, -0.1) is 0 Å². The topological polar surface area (TPSA) is 68.6 Å². The van der Waals surface area contributed by atoms with E-state index in [2.05, 4.69) is 17.3 Å². The first-order chi connectivity index (χ1) is 11.5. The molecule has 3 heterocycles. The predicted molar refractivity (Wildman–Crippen MR) is 89.4 cm³/mol. The number of rotatable bonds is 4. The van der Waals surface area contributed by atoms with Crippen LogP contribution in [0, 0.1) is 5.92 Å².